The maximum atomic E-state index is 12.2. The molecule has 5 nitrogen and oxygen atoms in total. The van der Waals surface area contributed by atoms with E-state index >= 15 is 0 Å². The van der Waals surface area contributed by atoms with Gasteiger partial charge in [-0.1, -0.05) is 0 Å². The number of amides is 1. The van der Waals surface area contributed by atoms with Gasteiger partial charge in [0.05, 0.1) is 13.7 Å². The Morgan fingerprint density at radius 3 is 2.43 bits per heavy atom. The van der Waals surface area contributed by atoms with Crippen LogP contribution in [0.2, 0.25) is 0 Å². The van der Waals surface area contributed by atoms with E-state index in [9.17, 15) is 4.79 Å². The molecule has 1 aromatic rings. The van der Waals surface area contributed by atoms with Crippen LogP contribution in [0.25, 0.3) is 0 Å². The van der Waals surface area contributed by atoms with Crippen molar-refractivity contribution in [2.24, 2.45) is 0 Å². The Hall–Kier alpha value is -1.30. The molecule has 1 aromatic carbocycles. The van der Waals surface area contributed by atoms with E-state index in [-0.39, 0.29) is 18.3 Å². The van der Waals surface area contributed by atoms with Crippen LogP contribution >= 0.6 is 12.4 Å². The van der Waals surface area contributed by atoms with Gasteiger partial charge in [-0.25, -0.2) is 0 Å². The van der Waals surface area contributed by atoms with Crippen LogP contribution in [-0.2, 0) is 4.79 Å². The first kappa shape index (κ1) is 18.0. The number of nitrogens with zero attached hydrogens (tertiary/aromatic N) is 1. The molecule has 2 aliphatic rings. The molecule has 2 bridgehead atoms. The van der Waals surface area contributed by atoms with Crippen molar-refractivity contribution in [3.05, 3.63) is 24.3 Å². The number of carbonyl (C=O) groups excluding carboxylic acids is 1. The molecule has 2 fully saturated rings. The van der Waals surface area contributed by atoms with Crippen LogP contribution in [0.15, 0.2) is 24.3 Å². The summed E-state index contributed by atoms with van der Waals surface area (Å²) in [5, 5.41) is 6.59. The second-order valence-corrected chi connectivity index (χ2v) is 6.45. The predicted molar refractivity (Wildman–Crippen MR) is 94.5 cm³/mol. The topological polar surface area (TPSA) is 53.6 Å². The van der Waals surface area contributed by atoms with Crippen molar-refractivity contribution in [3.63, 3.8) is 0 Å². The molecule has 6 heteroatoms. The lowest BCUT2D eigenvalue weighted by molar-refractivity contribution is -0.117. The number of benzene rings is 1. The normalized spacial score (nSPS) is 25.8. The van der Waals surface area contributed by atoms with Gasteiger partial charge in [0.2, 0.25) is 5.91 Å². The summed E-state index contributed by atoms with van der Waals surface area (Å²) in [7, 11) is 3.69. The Morgan fingerprint density at radius 1 is 1.26 bits per heavy atom. The lowest BCUT2D eigenvalue weighted by Gasteiger charge is -2.35. The van der Waals surface area contributed by atoms with Crippen LogP contribution in [-0.4, -0.2) is 49.6 Å². The van der Waals surface area contributed by atoms with Crippen molar-refractivity contribution in [3.8, 4) is 5.75 Å². The van der Waals surface area contributed by atoms with Gasteiger partial charge in [-0.05, 0) is 57.0 Å². The third kappa shape index (κ3) is 4.59. The monoisotopic (exact) mass is 339 g/mol. The van der Waals surface area contributed by atoms with Gasteiger partial charge in [0, 0.05) is 23.8 Å². The van der Waals surface area contributed by atoms with E-state index in [1.165, 1.54) is 12.8 Å². The molecule has 2 N–H and O–H groups in total. The number of carbonyl (C=O) groups is 1. The number of rotatable bonds is 5. The largest absolute Gasteiger partial charge is 0.497 e. The molecule has 2 atom stereocenters. The number of nitrogens with one attached hydrogen (secondary N) is 2. The summed E-state index contributed by atoms with van der Waals surface area (Å²) in [6, 6.07) is 9.24. The molecule has 2 heterocycles. The second kappa shape index (κ2) is 7.99. The average molecular weight is 340 g/mol. The first-order chi connectivity index (χ1) is 10.6. The van der Waals surface area contributed by atoms with Crippen molar-refractivity contribution >= 4 is 24.0 Å². The van der Waals surface area contributed by atoms with E-state index < -0.39 is 0 Å². The van der Waals surface area contributed by atoms with E-state index in [1.807, 2.05) is 24.3 Å². The fraction of sp³-hybridized carbons (Fsp3) is 0.588. The quantitative estimate of drug-likeness (QED) is 0.864. The van der Waals surface area contributed by atoms with Crippen molar-refractivity contribution in [1.29, 1.82) is 0 Å². The van der Waals surface area contributed by atoms with Crippen LogP contribution in [0, 0.1) is 0 Å². The molecule has 3 rings (SSSR count). The number of likely N-dealkylation sites (N-methyl/N-ethyl adjacent to an activating group) is 1. The molecule has 0 aliphatic carbocycles. The van der Waals surface area contributed by atoms with Crippen LogP contribution in [0.1, 0.15) is 25.7 Å². The fourth-order valence-corrected chi connectivity index (χ4v) is 3.62. The van der Waals surface area contributed by atoms with E-state index in [2.05, 4.69) is 22.6 Å². The Labute approximate surface area is 144 Å². The summed E-state index contributed by atoms with van der Waals surface area (Å²) in [6.45, 7) is 0.441. The number of anilines is 1. The predicted octanol–water partition coefficient (Wildman–Crippen LogP) is 2.27. The first-order valence-corrected chi connectivity index (χ1v) is 8.04. The average Bonchev–Trinajstić information content (AvgIpc) is 2.86. The van der Waals surface area contributed by atoms with E-state index in [1.54, 1.807) is 7.11 Å². The molecule has 2 unspecified atom stereocenters. The third-order valence-corrected chi connectivity index (χ3v) is 4.84. The van der Waals surface area contributed by atoms with Gasteiger partial charge in [0.1, 0.15) is 5.75 Å². The molecule has 23 heavy (non-hydrogen) atoms. The van der Waals surface area contributed by atoms with Crippen molar-refractivity contribution in [1.82, 2.24) is 10.2 Å². The number of hydrogen-bond donors (Lipinski definition) is 2. The zero-order chi connectivity index (χ0) is 15.5. The molecule has 0 spiro atoms. The van der Waals surface area contributed by atoms with Crippen molar-refractivity contribution in [2.75, 3.05) is 26.0 Å². The lowest BCUT2D eigenvalue weighted by atomic mass is 9.98. The smallest absolute Gasteiger partial charge is 0.238 e. The van der Waals surface area contributed by atoms with Gasteiger partial charge < -0.3 is 15.4 Å². The van der Waals surface area contributed by atoms with Gasteiger partial charge in [0.15, 0.2) is 0 Å². The van der Waals surface area contributed by atoms with Gasteiger partial charge in [-0.3, -0.25) is 9.69 Å². The lowest BCUT2D eigenvalue weighted by Crippen LogP contribution is -2.48. The van der Waals surface area contributed by atoms with E-state index in [0.717, 1.165) is 24.3 Å². The number of fused-ring (bicyclic) bond motifs is 2. The van der Waals surface area contributed by atoms with E-state index in [4.69, 9.17) is 4.74 Å². The van der Waals surface area contributed by atoms with Gasteiger partial charge in [-0.2, -0.15) is 0 Å². The zero-order valence-electron chi connectivity index (χ0n) is 13.7. The Morgan fingerprint density at radius 2 is 1.87 bits per heavy atom. The molecule has 128 valence electrons. The molecule has 0 radical (unpaired) electrons. The second-order valence-electron chi connectivity index (χ2n) is 6.45. The van der Waals surface area contributed by atoms with Crippen LogP contribution in [0.5, 0.6) is 5.75 Å². The van der Waals surface area contributed by atoms with Crippen LogP contribution in [0.3, 0.4) is 0 Å². The molecule has 2 saturated heterocycles. The van der Waals surface area contributed by atoms with Gasteiger partial charge >= 0.3 is 0 Å². The van der Waals surface area contributed by atoms with Crippen LogP contribution in [0.4, 0.5) is 5.69 Å². The molecular weight excluding hydrogens is 314 g/mol. The molecular formula is C17H26ClN3O2. The minimum Gasteiger partial charge on any atom is -0.497 e. The SMILES string of the molecule is COc1ccc(NC(=O)CN(C)C2CC3CCC(C2)N3)cc1.Cl. The number of halogens is 1. The summed E-state index contributed by atoms with van der Waals surface area (Å²) in [6.07, 6.45) is 4.88. The number of piperidine rings is 1. The van der Waals surface area contributed by atoms with E-state index in [0.29, 0.717) is 24.7 Å². The summed E-state index contributed by atoms with van der Waals surface area (Å²) in [4.78, 5) is 14.4. The maximum Gasteiger partial charge on any atom is 0.238 e. The minimum absolute atomic E-state index is 0. The first-order valence-electron chi connectivity index (χ1n) is 8.04. The standard InChI is InChI=1S/C17H25N3O2.ClH/c1-20(15-9-13-3-4-14(10-15)18-13)11-17(21)19-12-5-7-16(22-2)8-6-12;/h5-8,13-15,18H,3-4,9-11H2,1-2H3,(H,19,21);1H. The highest BCUT2D eigenvalue weighted by Gasteiger charge is 2.35. The molecule has 0 aromatic heterocycles. The summed E-state index contributed by atoms with van der Waals surface area (Å²) >= 11 is 0. The van der Waals surface area contributed by atoms with Gasteiger partial charge in [-0.15, -0.1) is 12.4 Å². The highest BCUT2D eigenvalue weighted by molar-refractivity contribution is 5.92. The number of ether oxygens (including phenoxy) is 1. The summed E-state index contributed by atoms with van der Waals surface area (Å²) in [5.74, 6) is 0.832. The number of methoxy groups -OCH3 is 1. The summed E-state index contributed by atoms with van der Waals surface area (Å²) in [5.41, 5.74) is 0.810. The Kier molecular flexibility index (Phi) is 6.27. The highest BCUT2D eigenvalue weighted by Crippen LogP contribution is 2.29. The maximum absolute atomic E-state index is 12.2. The van der Waals surface area contributed by atoms with Crippen molar-refractivity contribution in [2.45, 2.75) is 43.8 Å². The minimum atomic E-state index is 0. The molecule has 0 saturated carbocycles. The molecule has 2 aliphatic heterocycles. The van der Waals surface area contributed by atoms with Crippen molar-refractivity contribution < 1.29 is 9.53 Å². The third-order valence-electron chi connectivity index (χ3n) is 4.84. The number of hydrogen-bond acceptors (Lipinski definition) is 4. The fourth-order valence-electron chi connectivity index (χ4n) is 3.62. The highest BCUT2D eigenvalue weighted by atomic mass is 35.5. The Balaban J connectivity index is 0.00000192. The Bertz CT molecular complexity index is 511. The zero-order valence-corrected chi connectivity index (χ0v) is 14.6. The van der Waals surface area contributed by atoms with Gasteiger partial charge in [0.25, 0.3) is 0 Å². The summed E-state index contributed by atoms with van der Waals surface area (Å²) < 4.78 is 5.12. The molecule has 1 amide bonds. The van der Waals surface area contributed by atoms with Crippen LogP contribution < -0.4 is 15.4 Å².